The average molecular weight is 398 g/mol. The fraction of sp³-hybridized carbons (Fsp3) is 0.200. The molecule has 0 saturated heterocycles. The van der Waals surface area contributed by atoms with Crippen LogP contribution < -0.4 is 5.32 Å². The van der Waals surface area contributed by atoms with Gasteiger partial charge in [-0.1, -0.05) is 27.5 Å². The first kappa shape index (κ1) is 17.4. The molecular formula is C15H14BrClN4O2. The maximum atomic E-state index is 10.7. The van der Waals surface area contributed by atoms with Gasteiger partial charge in [0, 0.05) is 29.7 Å². The highest BCUT2D eigenvalue weighted by atomic mass is 79.9. The molecule has 8 heteroatoms. The first-order valence-corrected chi connectivity index (χ1v) is 8.27. The van der Waals surface area contributed by atoms with Gasteiger partial charge in [0.25, 0.3) is 5.69 Å². The zero-order chi connectivity index (χ0) is 16.8. The van der Waals surface area contributed by atoms with Crippen LogP contribution >= 0.6 is 27.5 Å². The molecule has 2 rings (SSSR count). The number of hydrogen-bond acceptors (Lipinski definition) is 5. The minimum atomic E-state index is -0.505. The van der Waals surface area contributed by atoms with Gasteiger partial charge < -0.3 is 5.32 Å². The van der Waals surface area contributed by atoms with Crippen molar-refractivity contribution in [2.45, 2.75) is 6.92 Å². The molecule has 2 aromatic carbocycles. The molecule has 0 aliphatic heterocycles. The van der Waals surface area contributed by atoms with Crippen LogP contribution in [0.5, 0.6) is 0 Å². The molecule has 0 aliphatic rings. The van der Waals surface area contributed by atoms with Crippen molar-refractivity contribution in [2.24, 2.45) is 10.2 Å². The molecule has 0 saturated carbocycles. The van der Waals surface area contributed by atoms with E-state index in [0.717, 1.165) is 23.1 Å². The van der Waals surface area contributed by atoms with E-state index < -0.39 is 4.92 Å². The van der Waals surface area contributed by atoms with Crippen molar-refractivity contribution in [3.05, 3.63) is 57.1 Å². The molecule has 1 N–H and O–H groups in total. The molecule has 0 heterocycles. The van der Waals surface area contributed by atoms with Gasteiger partial charge in [-0.3, -0.25) is 10.1 Å². The van der Waals surface area contributed by atoms with Crippen molar-refractivity contribution < 1.29 is 4.92 Å². The molecule has 0 spiro atoms. The van der Waals surface area contributed by atoms with Crippen molar-refractivity contribution in [3.8, 4) is 0 Å². The van der Waals surface area contributed by atoms with Crippen molar-refractivity contribution in [1.29, 1.82) is 0 Å². The van der Waals surface area contributed by atoms with Gasteiger partial charge in [0.05, 0.1) is 15.6 Å². The summed E-state index contributed by atoms with van der Waals surface area (Å²) in [5.74, 6) is 0. The van der Waals surface area contributed by atoms with Gasteiger partial charge in [-0.15, -0.1) is 5.11 Å². The Morgan fingerprint density at radius 3 is 2.65 bits per heavy atom. The van der Waals surface area contributed by atoms with E-state index in [0.29, 0.717) is 11.4 Å². The third-order valence-corrected chi connectivity index (χ3v) is 3.73. The Hall–Kier alpha value is -1.99. The van der Waals surface area contributed by atoms with Crippen LogP contribution in [0, 0.1) is 17.0 Å². The fourth-order valence-electron chi connectivity index (χ4n) is 1.89. The van der Waals surface area contributed by atoms with Gasteiger partial charge >= 0.3 is 0 Å². The Morgan fingerprint density at radius 1 is 1.26 bits per heavy atom. The summed E-state index contributed by atoms with van der Waals surface area (Å²) in [5, 5.41) is 23.2. The molecule has 0 atom stereocenters. The monoisotopic (exact) mass is 396 g/mol. The number of aryl methyl sites for hydroxylation is 1. The summed E-state index contributed by atoms with van der Waals surface area (Å²) in [7, 11) is 0. The van der Waals surface area contributed by atoms with Crippen LogP contribution in [0.3, 0.4) is 0 Å². The maximum absolute atomic E-state index is 10.7. The van der Waals surface area contributed by atoms with Gasteiger partial charge in [-0.05, 0) is 36.8 Å². The first-order chi connectivity index (χ1) is 11.0. The van der Waals surface area contributed by atoms with Gasteiger partial charge in [0.15, 0.2) is 0 Å². The predicted molar refractivity (Wildman–Crippen MR) is 95.7 cm³/mol. The van der Waals surface area contributed by atoms with Crippen molar-refractivity contribution in [3.63, 3.8) is 0 Å². The number of benzene rings is 2. The lowest BCUT2D eigenvalue weighted by atomic mass is 10.2. The Balaban J connectivity index is 2.17. The van der Waals surface area contributed by atoms with Crippen LogP contribution in [0.2, 0.25) is 5.02 Å². The third-order valence-electron chi connectivity index (χ3n) is 3.04. The van der Waals surface area contributed by atoms with Crippen LogP contribution in [-0.2, 0) is 0 Å². The predicted octanol–water partition coefficient (Wildman–Crippen LogP) is 5.78. The number of anilines is 1. The number of non-ortho nitro benzene ring substituents is 1. The quantitative estimate of drug-likeness (QED) is 0.290. The number of nitro benzene ring substituents is 1. The number of nitro groups is 1. The summed E-state index contributed by atoms with van der Waals surface area (Å²) in [6, 6.07) is 9.76. The van der Waals surface area contributed by atoms with Gasteiger partial charge in [-0.2, -0.15) is 5.11 Å². The second kappa shape index (κ2) is 8.03. The Morgan fingerprint density at radius 2 is 2.04 bits per heavy atom. The average Bonchev–Trinajstić information content (AvgIpc) is 2.52. The van der Waals surface area contributed by atoms with E-state index in [1.807, 2.05) is 25.1 Å². The molecule has 0 fully saturated rings. The van der Waals surface area contributed by atoms with Crippen molar-refractivity contribution >= 4 is 50.3 Å². The van der Waals surface area contributed by atoms with E-state index in [4.69, 9.17) is 11.6 Å². The van der Waals surface area contributed by atoms with E-state index in [9.17, 15) is 10.1 Å². The molecule has 0 unspecified atom stereocenters. The summed E-state index contributed by atoms with van der Waals surface area (Å²) in [6.07, 6.45) is 0. The molecule has 0 aromatic heterocycles. The normalized spacial score (nSPS) is 10.9. The van der Waals surface area contributed by atoms with E-state index >= 15 is 0 Å². The van der Waals surface area contributed by atoms with E-state index in [1.54, 1.807) is 0 Å². The summed E-state index contributed by atoms with van der Waals surface area (Å²) in [4.78, 5) is 10.2. The second-order valence-electron chi connectivity index (χ2n) is 4.71. The minimum Gasteiger partial charge on any atom is -0.384 e. The zero-order valence-corrected chi connectivity index (χ0v) is 14.6. The maximum Gasteiger partial charge on any atom is 0.271 e. The standard InChI is InChI=1S/C15H14BrClN4O2/c1-10-8-11(2-4-14(10)18-7-6-16)19-20-15-5-3-12(21(22)23)9-13(15)17/h2-5,8-9,18H,6-7H2,1H3. The largest absolute Gasteiger partial charge is 0.384 e. The van der Waals surface area contributed by atoms with Crippen molar-refractivity contribution in [1.82, 2.24) is 0 Å². The molecule has 0 aliphatic carbocycles. The lowest BCUT2D eigenvalue weighted by Crippen LogP contribution is -2.03. The second-order valence-corrected chi connectivity index (χ2v) is 5.91. The van der Waals surface area contributed by atoms with Crippen LogP contribution in [0.1, 0.15) is 5.56 Å². The number of azo groups is 1. The molecule has 120 valence electrons. The number of hydrogen-bond donors (Lipinski definition) is 1. The smallest absolute Gasteiger partial charge is 0.271 e. The fourth-order valence-corrected chi connectivity index (χ4v) is 2.30. The molecular weight excluding hydrogens is 384 g/mol. The number of nitrogens with one attached hydrogen (secondary N) is 1. The third kappa shape index (κ3) is 4.74. The SMILES string of the molecule is Cc1cc(N=Nc2ccc([N+](=O)[O-])cc2Cl)ccc1NCCBr. The van der Waals surface area contributed by atoms with Crippen LogP contribution in [0.15, 0.2) is 46.6 Å². The van der Waals surface area contributed by atoms with Crippen molar-refractivity contribution in [2.75, 3.05) is 17.2 Å². The van der Waals surface area contributed by atoms with Gasteiger partial charge in [0.1, 0.15) is 5.69 Å². The zero-order valence-electron chi connectivity index (χ0n) is 12.3. The lowest BCUT2D eigenvalue weighted by Gasteiger charge is -2.08. The molecule has 0 amide bonds. The van der Waals surface area contributed by atoms with Gasteiger partial charge in [0.2, 0.25) is 0 Å². The van der Waals surface area contributed by atoms with Crippen LogP contribution in [-0.4, -0.2) is 16.8 Å². The van der Waals surface area contributed by atoms with Crippen LogP contribution in [0.4, 0.5) is 22.7 Å². The Bertz CT molecular complexity index is 752. The first-order valence-electron chi connectivity index (χ1n) is 6.77. The molecule has 0 bridgehead atoms. The summed E-state index contributed by atoms with van der Waals surface area (Å²) < 4.78 is 0. The molecule has 0 radical (unpaired) electrons. The molecule has 6 nitrogen and oxygen atoms in total. The highest BCUT2D eigenvalue weighted by Gasteiger charge is 2.09. The number of rotatable bonds is 6. The Kier molecular flexibility index (Phi) is 6.06. The van der Waals surface area contributed by atoms with E-state index in [1.165, 1.54) is 18.2 Å². The summed E-state index contributed by atoms with van der Waals surface area (Å²) in [6.45, 7) is 2.81. The van der Waals surface area contributed by atoms with E-state index in [2.05, 4.69) is 31.5 Å². The number of alkyl halides is 1. The topological polar surface area (TPSA) is 79.9 Å². The lowest BCUT2D eigenvalue weighted by molar-refractivity contribution is -0.384. The highest BCUT2D eigenvalue weighted by Crippen LogP contribution is 2.31. The summed E-state index contributed by atoms with van der Waals surface area (Å²) in [5.41, 5.74) is 3.08. The Labute approximate surface area is 146 Å². The highest BCUT2D eigenvalue weighted by molar-refractivity contribution is 9.09. The van der Waals surface area contributed by atoms with Crippen LogP contribution in [0.25, 0.3) is 0 Å². The number of halogens is 2. The van der Waals surface area contributed by atoms with E-state index in [-0.39, 0.29) is 10.7 Å². The minimum absolute atomic E-state index is 0.0768. The number of nitrogens with zero attached hydrogens (tertiary/aromatic N) is 3. The van der Waals surface area contributed by atoms with Gasteiger partial charge in [-0.25, -0.2) is 0 Å². The molecule has 2 aromatic rings. The molecule has 23 heavy (non-hydrogen) atoms. The summed E-state index contributed by atoms with van der Waals surface area (Å²) >= 11 is 9.35.